The van der Waals surface area contributed by atoms with Gasteiger partial charge in [-0.05, 0) is 31.4 Å². The van der Waals surface area contributed by atoms with Gasteiger partial charge in [0.15, 0.2) is 11.5 Å². The molecule has 0 fully saturated rings. The summed E-state index contributed by atoms with van der Waals surface area (Å²) in [6, 6.07) is 4.01. The zero-order chi connectivity index (χ0) is 17.3. The van der Waals surface area contributed by atoms with Gasteiger partial charge in [0.1, 0.15) is 11.2 Å². The van der Waals surface area contributed by atoms with E-state index in [9.17, 15) is 4.79 Å². The number of rotatable bonds is 5. The quantitative estimate of drug-likeness (QED) is 0.677. The van der Waals surface area contributed by atoms with E-state index in [1.165, 1.54) is 5.56 Å². The van der Waals surface area contributed by atoms with Crippen LogP contribution in [0.5, 0.6) is 0 Å². The van der Waals surface area contributed by atoms with E-state index in [0.717, 1.165) is 18.5 Å². The number of fused-ring (bicyclic) bond motifs is 1. The number of aryl methyl sites for hydroxylation is 3. The SMILES string of the molecule is C=CCn1c(=O)c2cnc(C)nc2n1-c1ccc(CC)c(CC)n1. The van der Waals surface area contributed by atoms with Crippen molar-refractivity contribution in [1.29, 1.82) is 0 Å². The Balaban J connectivity index is 2.36. The molecule has 3 aromatic heterocycles. The minimum Gasteiger partial charge on any atom is -0.267 e. The smallest absolute Gasteiger partial charge is 0.267 e. The summed E-state index contributed by atoms with van der Waals surface area (Å²) >= 11 is 0. The van der Waals surface area contributed by atoms with E-state index in [0.29, 0.717) is 29.2 Å². The van der Waals surface area contributed by atoms with Crippen LogP contribution >= 0.6 is 0 Å². The first-order chi connectivity index (χ1) is 11.6. The van der Waals surface area contributed by atoms with Gasteiger partial charge in [-0.2, -0.15) is 0 Å². The topological polar surface area (TPSA) is 65.6 Å². The molecule has 0 amide bonds. The van der Waals surface area contributed by atoms with Crippen molar-refractivity contribution in [3.8, 4) is 5.82 Å². The van der Waals surface area contributed by atoms with Crippen LogP contribution in [0.25, 0.3) is 16.9 Å². The molecule has 124 valence electrons. The second kappa shape index (κ2) is 6.39. The first kappa shape index (κ1) is 16.1. The summed E-state index contributed by atoms with van der Waals surface area (Å²) in [6.07, 6.45) is 5.05. The van der Waals surface area contributed by atoms with Crippen molar-refractivity contribution in [2.75, 3.05) is 0 Å². The highest BCUT2D eigenvalue weighted by Crippen LogP contribution is 2.17. The van der Waals surface area contributed by atoms with Gasteiger partial charge in [-0.25, -0.2) is 24.3 Å². The Morgan fingerprint density at radius 1 is 1.21 bits per heavy atom. The lowest BCUT2D eigenvalue weighted by Gasteiger charge is -2.13. The van der Waals surface area contributed by atoms with Crippen LogP contribution in [-0.4, -0.2) is 24.3 Å². The van der Waals surface area contributed by atoms with Gasteiger partial charge in [-0.15, -0.1) is 6.58 Å². The highest BCUT2D eigenvalue weighted by molar-refractivity contribution is 5.75. The minimum absolute atomic E-state index is 0.135. The van der Waals surface area contributed by atoms with Crippen LogP contribution in [0.1, 0.15) is 30.9 Å². The number of allylic oxidation sites excluding steroid dienone is 1. The first-order valence-electron chi connectivity index (χ1n) is 8.15. The molecule has 0 unspecified atom stereocenters. The summed E-state index contributed by atoms with van der Waals surface area (Å²) in [7, 11) is 0. The molecule has 0 atom stereocenters. The van der Waals surface area contributed by atoms with Gasteiger partial charge in [0.2, 0.25) is 0 Å². The predicted octanol–water partition coefficient (Wildman–Crippen LogP) is 2.60. The molecular weight excluding hydrogens is 302 g/mol. The van der Waals surface area contributed by atoms with Crippen molar-refractivity contribution in [1.82, 2.24) is 24.3 Å². The van der Waals surface area contributed by atoms with Crippen molar-refractivity contribution in [2.45, 2.75) is 40.2 Å². The largest absolute Gasteiger partial charge is 0.278 e. The van der Waals surface area contributed by atoms with E-state index in [1.807, 2.05) is 13.0 Å². The van der Waals surface area contributed by atoms with Crippen molar-refractivity contribution in [3.63, 3.8) is 0 Å². The number of nitrogens with zero attached hydrogens (tertiary/aromatic N) is 5. The van der Waals surface area contributed by atoms with E-state index >= 15 is 0 Å². The summed E-state index contributed by atoms with van der Waals surface area (Å²) in [5.41, 5.74) is 2.71. The van der Waals surface area contributed by atoms with Crippen LogP contribution < -0.4 is 5.56 Å². The van der Waals surface area contributed by atoms with Gasteiger partial charge in [-0.3, -0.25) is 4.79 Å². The molecule has 24 heavy (non-hydrogen) atoms. The second-order valence-electron chi connectivity index (χ2n) is 5.62. The first-order valence-corrected chi connectivity index (χ1v) is 8.15. The summed E-state index contributed by atoms with van der Waals surface area (Å²) in [4.78, 5) is 26.1. The van der Waals surface area contributed by atoms with Gasteiger partial charge in [-0.1, -0.05) is 26.0 Å². The Morgan fingerprint density at radius 3 is 2.67 bits per heavy atom. The van der Waals surface area contributed by atoms with Crippen molar-refractivity contribution >= 4 is 11.0 Å². The third-order valence-electron chi connectivity index (χ3n) is 4.08. The Bertz CT molecular complexity index is 967. The van der Waals surface area contributed by atoms with E-state index in [2.05, 4.69) is 36.5 Å². The molecule has 0 saturated carbocycles. The maximum Gasteiger partial charge on any atom is 0.278 e. The zero-order valence-electron chi connectivity index (χ0n) is 14.3. The monoisotopic (exact) mass is 323 g/mol. The van der Waals surface area contributed by atoms with Crippen LogP contribution in [0.4, 0.5) is 0 Å². The molecule has 0 bridgehead atoms. The van der Waals surface area contributed by atoms with Gasteiger partial charge in [0.05, 0.1) is 6.54 Å². The van der Waals surface area contributed by atoms with Gasteiger partial charge in [0.25, 0.3) is 5.56 Å². The van der Waals surface area contributed by atoms with E-state index in [-0.39, 0.29) is 5.56 Å². The van der Waals surface area contributed by atoms with E-state index in [1.54, 1.807) is 21.6 Å². The Hall–Kier alpha value is -2.76. The van der Waals surface area contributed by atoms with Crippen LogP contribution in [0.3, 0.4) is 0 Å². The third-order valence-corrected chi connectivity index (χ3v) is 4.08. The second-order valence-corrected chi connectivity index (χ2v) is 5.62. The molecule has 6 heteroatoms. The van der Waals surface area contributed by atoms with Crippen LogP contribution in [0.15, 0.2) is 35.8 Å². The lowest BCUT2D eigenvalue weighted by molar-refractivity contribution is 0.595. The molecule has 0 aliphatic carbocycles. The summed E-state index contributed by atoms with van der Waals surface area (Å²) in [5.74, 6) is 1.31. The predicted molar refractivity (Wildman–Crippen MR) is 94.6 cm³/mol. The van der Waals surface area contributed by atoms with Crippen LogP contribution in [-0.2, 0) is 19.4 Å². The van der Waals surface area contributed by atoms with Gasteiger partial charge < -0.3 is 0 Å². The van der Waals surface area contributed by atoms with E-state index < -0.39 is 0 Å². The van der Waals surface area contributed by atoms with Crippen molar-refractivity contribution in [2.24, 2.45) is 0 Å². The van der Waals surface area contributed by atoms with Crippen molar-refractivity contribution < 1.29 is 0 Å². The number of hydrogen-bond acceptors (Lipinski definition) is 4. The van der Waals surface area contributed by atoms with Gasteiger partial charge >= 0.3 is 0 Å². The lowest BCUT2D eigenvalue weighted by Crippen LogP contribution is -2.22. The average Bonchev–Trinajstić information content (AvgIpc) is 2.86. The van der Waals surface area contributed by atoms with Crippen LogP contribution in [0, 0.1) is 6.92 Å². The molecule has 0 aromatic carbocycles. The number of pyridine rings is 1. The number of aromatic nitrogens is 5. The molecular formula is C18H21N5O. The Labute approximate surface area is 140 Å². The maximum atomic E-state index is 12.7. The molecule has 3 rings (SSSR count). The summed E-state index contributed by atoms with van der Waals surface area (Å²) < 4.78 is 3.37. The third kappa shape index (κ3) is 2.54. The highest BCUT2D eigenvalue weighted by Gasteiger charge is 2.17. The molecule has 6 nitrogen and oxygen atoms in total. The zero-order valence-corrected chi connectivity index (χ0v) is 14.3. The molecule has 0 spiro atoms. The fourth-order valence-corrected chi connectivity index (χ4v) is 2.90. The maximum absolute atomic E-state index is 12.7. The lowest BCUT2D eigenvalue weighted by atomic mass is 10.1. The highest BCUT2D eigenvalue weighted by atomic mass is 16.1. The molecule has 0 aliphatic rings. The molecule has 0 aliphatic heterocycles. The fraction of sp³-hybridized carbons (Fsp3) is 0.333. The normalized spacial score (nSPS) is 11.1. The summed E-state index contributed by atoms with van der Waals surface area (Å²) in [5, 5.41) is 0.488. The van der Waals surface area contributed by atoms with E-state index in [4.69, 9.17) is 4.98 Å². The standard InChI is InChI=1S/C18H21N5O/c1-5-10-22-18(24)14-11-19-12(4)20-17(14)23(22)16-9-8-13(6-2)15(7-3)21-16/h5,8-9,11H,1,6-7,10H2,2-4H3. The van der Waals surface area contributed by atoms with Crippen molar-refractivity contribution in [3.05, 3.63) is 58.4 Å². The molecule has 3 heterocycles. The fourth-order valence-electron chi connectivity index (χ4n) is 2.90. The molecule has 3 aromatic rings. The van der Waals surface area contributed by atoms with Gasteiger partial charge in [0, 0.05) is 11.9 Å². The average molecular weight is 323 g/mol. The Morgan fingerprint density at radius 2 is 2.00 bits per heavy atom. The number of hydrogen-bond donors (Lipinski definition) is 0. The van der Waals surface area contributed by atoms with Crippen LogP contribution in [0.2, 0.25) is 0 Å². The molecule has 0 saturated heterocycles. The molecule has 0 N–H and O–H groups in total. The summed E-state index contributed by atoms with van der Waals surface area (Å²) in [6.45, 7) is 10.1. The molecule has 0 radical (unpaired) electrons. The Kier molecular flexibility index (Phi) is 4.29. The minimum atomic E-state index is -0.135.